The van der Waals surface area contributed by atoms with E-state index in [1.165, 1.54) is 5.56 Å². The van der Waals surface area contributed by atoms with Gasteiger partial charge >= 0.3 is 0 Å². The number of aromatic nitrogens is 2. The molecule has 0 bridgehead atoms. The molecule has 100 valence electrons. The lowest BCUT2D eigenvalue weighted by Crippen LogP contribution is -2.35. The number of rotatable bonds is 2. The Kier molecular flexibility index (Phi) is 3.63. The molecule has 1 aliphatic rings. The van der Waals surface area contributed by atoms with Crippen LogP contribution in [0, 0.1) is 6.92 Å². The molecular formula is C13H14BrN3O2. The molecule has 1 aromatic heterocycles. The monoisotopic (exact) mass is 323 g/mol. The molecular weight excluding hydrogens is 310 g/mol. The molecule has 2 heterocycles. The van der Waals surface area contributed by atoms with Gasteiger partial charge in [-0.3, -0.25) is 0 Å². The van der Waals surface area contributed by atoms with Crippen LogP contribution in [0.1, 0.15) is 17.4 Å². The average molecular weight is 324 g/mol. The highest BCUT2D eigenvalue weighted by molar-refractivity contribution is 9.10. The summed E-state index contributed by atoms with van der Waals surface area (Å²) in [5.74, 6) is 1.16. The third-order valence-electron chi connectivity index (χ3n) is 3.03. The summed E-state index contributed by atoms with van der Waals surface area (Å²) in [5.41, 5.74) is 2.08. The molecule has 5 nitrogen and oxygen atoms in total. The predicted octanol–water partition coefficient (Wildman–Crippen LogP) is 2.47. The Morgan fingerprint density at radius 3 is 3.05 bits per heavy atom. The molecule has 1 atom stereocenters. The van der Waals surface area contributed by atoms with Crippen LogP contribution in [-0.2, 0) is 4.74 Å². The van der Waals surface area contributed by atoms with Gasteiger partial charge in [-0.15, -0.1) is 0 Å². The molecule has 0 radical (unpaired) electrons. The normalized spacial score (nSPS) is 19.6. The summed E-state index contributed by atoms with van der Waals surface area (Å²) in [6.07, 6.45) is 0. The number of aryl methyl sites for hydroxylation is 1. The number of hydrogen-bond donors (Lipinski definition) is 1. The van der Waals surface area contributed by atoms with Crippen molar-refractivity contribution in [3.05, 3.63) is 34.1 Å². The lowest BCUT2D eigenvalue weighted by molar-refractivity contribution is 0.0734. The van der Waals surface area contributed by atoms with Crippen molar-refractivity contribution in [1.29, 1.82) is 0 Å². The van der Waals surface area contributed by atoms with Crippen molar-refractivity contribution >= 4 is 15.9 Å². The number of benzene rings is 1. The molecule has 1 aromatic carbocycles. The summed E-state index contributed by atoms with van der Waals surface area (Å²) < 4.78 is 11.7. The van der Waals surface area contributed by atoms with Crippen LogP contribution in [-0.4, -0.2) is 29.9 Å². The second-order valence-electron chi connectivity index (χ2n) is 4.52. The van der Waals surface area contributed by atoms with Gasteiger partial charge in [0.05, 0.1) is 24.8 Å². The van der Waals surface area contributed by atoms with Crippen molar-refractivity contribution in [3.8, 4) is 11.5 Å². The fourth-order valence-corrected chi connectivity index (χ4v) is 2.67. The van der Waals surface area contributed by atoms with Gasteiger partial charge in [0.15, 0.2) is 5.82 Å². The maximum Gasteiger partial charge on any atom is 0.259 e. The highest BCUT2D eigenvalue weighted by Gasteiger charge is 2.22. The molecule has 1 saturated heterocycles. The van der Waals surface area contributed by atoms with E-state index in [4.69, 9.17) is 9.26 Å². The second-order valence-corrected chi connectivity index (χ2v) is 5.38. The minimum Gasteiger partial charge on any atom is -0.378 e. The average Bonchev–Trinajstić information content (AvgIpc) is 2.89. The van der Waals surface area contributed by atoms with Crippen molar-refractivity contribution < 1.29 is 9.26 Å². The number of ether oxygens (including phenoxy) is 1. The van der Waals surface area contributed by atoms with Gasteiger partial charge in [-0.2, -0.15) is 4.98 Å². The molecule has 6 heteroatoms. The third kappa shape index (κ3) is 2.70. The summed E-state index contributed by atoms with van der Waals surface area (Å²) in [6.45, 7) is 4.15. The van der Waals surface area contributed by atoms with Crippen LogP contribution in [0.2, 0.25) is 0 Å². The maximum absolute atomic E-state index is 5.40. The van der Waals surface area contributed by atoms with Crippen LogP contribution < -0.4 is 5.32 Å². The standard InChI is InChI=1S/C13H14BrN3O2/c1-8-2-3-9(10(14)6-8)13-16-12(17-19-13)11-7-18-5-4-15-11/h2-3,6,11,15H,4-5,7H2,1H3. The van der Waals surface area contributed by atoms with Crippen LogP contribution >= 0.6 is 15.9 Å². The fourth-order valence-electron chi connectivity index (χ4n) is 2.01. The van der Waals surface area contributed by atoms with E-state index in [9.17, 15) is 0 Å². The smallest absolute Gasteiger partial charge is 0.259 e. The van der Waals surface area contributed by atoms with E-state index in [1.54, 1.807) is 0 Å². The first kappa shape index (κ1) is 12.8. The number of halogens is 1. The lowest BCUT2D eigenvalue weighted by atomic mass is 10.1. The first-order valence-electron chi connectivity index (χ1n) is 6.15. The summed E-state index contributed by atoms with van der Waals surface area (Å²) in [6, 6.07) is 6.03. The number of hydrogen-bond acceptors (Lipinski definition) is 5. The molecule has 3 rings (SSSR count). The number of morpholine rings is 1. The van der Waals surface area contributed by atoms with Crippen LogP contribution in [0.15, 0.2) is 27.2 Å². The van der Waals surface area contributed by atoms with E-state index in [1.807, 2.05) is 25.1 Å². The van der Waals surface area contributed by atoms with Gasteiger partial charge in [0.1, 0.15) is 0 Å². The zero-order chi connectivity index (χ0) is 13.2. The number of nitrogens with one attached hydrogen (secondary N) is 1. The van der Waals surface area contributed by atoms with Gasteiger partial charge in [-0.05, 0) is 40.5 Å². The fraction of sp³-hybridized carbons (Fsp3) is 0.385. The molecule has 1 fully saturated rings. The van der Waals surface area contributed by atoms with E-state index < -0.39 is 0 Å². The Bertz CT molecular complexity index is 579. The molecule has 1 unspecified atom stereocenters. The van der Waals surface area contributed by atoms with Crippen molar-refractivity contribution in [3.63, 3.8) is 0 Å². The highest BCUT2D eigenvalue weighted by Crippen LogP contribution is 2.28. The Balaban J connectivity index is 1.87. The van der Waals surface area contributed by atoms with Crippen molar-refractivity contribution in [1.82, 2.24) is 15.5 Å². The largest absolute Gasteiger partial charge is 0.378 e. The van der Waals surface area contributed by atoms with Gasteiger partial charge < -0.3 is 14.6 Å². The van der Waals surface area contributed by atoms with Gasteiger partial charge in [0.2, 0.25) is 0 Å². The first-order valence-corrected chi connectivity index (χ1v) is 6.94. The van der Waals surface area contributed by atoms with Gasteiger partial charge in [0.25, 0.3) is 5.89 Å². The Hall–Kier alpha value is -1.24. The van der Waals surface area contributed by atoms with Crippen molar-refractivity contribution in [2.45, 2.75) is 13.0 Å². The van der Waals surface area contributed by atoms with E-state index in [0.29, 0.717) is 18.3 Å². The predicted molar refractivity (Wildman–Crippen MR) is 73.7 cm³/mol. The molecule has 0 spiro atoms. The maximum atomic E-state index is 5.40. The Morgan fingerprint density at radius 2 is 2.32 bits per heavy atom. The summed E-state index contributed by atoms with van der Waals surface area (Å²) in [7, 11) is 0. The van der Waals surface area contributed by atoms with Crippen LogP contribution in [0.25, 0.3) is 11.5 Å². The minimum atomic E-state index is 0.00970. The van der Waals surface area contributed by atoms with Crippen LogP contribution in [0.3, 0.4) is 0 Å². The molecule has 1 aliphatic heterocycles. The van der Waals surface area contributed by atoms with E-state index in [2.05, 4.69) is 31.4 Å². The molecule has 1 N–H and O–H groups in total. The summed E-state index contributed by atoms with van der Waals surface area (Å²) >= 11 is 3.52. The Morgan fingerprint density at radius 1 is 1.42 bits per heavy atom. The molecule has 2 aromatic rings. The van der Waals surface area contributed by atoms with E-state index in [-0.39, 0.29) is 6.04 Å². The van der Waals surface area contributed by atoms with E-state index in [0.717, 1.165) is 23.2 Å². The lowest BCUT2D eigenvalue weighted by Gasteiger charge is -2.20. The van der Waals surface area contributed by atoms with Gasteiger partial charge in [-0.1, -0.05) is 11.2 Å². The topological polar surface area (TPSA) is 60.2 Å². The summed E-state index contributed by atoms with van der Waals surface area (Å²) in [4.78, 5) is 4.44. The van der Waals surface area contributed by atoms with Crippen molar-refractivity contribution in [2.24, 2.45) is 0 Å². The third-order valence-corrected chi connectivity index (χ3v) is 3.69. The highest BCUT2D eigenvalue weighted by atomic mass is 79.9. The minimum absolute atomic E-state index is 0.00970. The quantitative estimate of drug-likeness (QED) is 0.920. The Labute approximate surface area is 119 Å². The molecule has 0 aliphatic carbocycles. The molecule has 0 amide bonds. The number of nitrogens with zero attached hydrogens (tertiary/aromatic N) is 2. The van der Waals surface area contributed by atoms with Gasteiger partial charge in [0, 0.05) is 11.0 Å². The molecule has 19 heavy (non-hydrogen) atoms. The zero-order valence-electron chi connectivity index (χ0n) is 10.5. The second kappa shape index (κ2) is 5.40. The van der Waals surface area contributed by atoms with Crippen LogP contribution in [0.4, 0.5) is 0 Å². The summed E-state index contributed by atoms with van der Waals surface area (Å²) in [5, 5.41) is 7.33. The zero-order valence-corrected chi connectivity index (χ0v) is 12.1. The SMILES string of the molecule is Cc1ccc(-c2nc(C3COCCN3)no2)c(Br)c1. The van der Waals surface area contributed by atoms with Crippen LogP contribution in [0.5, 0.6) is 0 Å². The van der Waals surface area contributed by atoms with E-state index >= 15 is 0 Å². The molecule has 0 saturated carbocycles. The first-order chi connectivity index (χ1) is 9.24. The van der Waals surface area contributed by atoms with Crippen molar-refractivity contribution in [2.75, 3.05) is 19.8 Å². The van der Waals surface area contributed by atoms with Gasteiger partial charge in [-0.25, -0.2) is 0 Å².